The number of nitrogens with one attached hydrogen (secondary N) is 1. The van der Waals surface area contributed by atoms with Gasteiger partial charge in [0.15, 0.2) is 5.96 Å². The average Bonchev–Trinajstić information content (AvgIpc) is 2.47. The molecule has 2 rings (SSSR count). The highest BCUT2D eigenvalue weighted by Crippen LogP contribution is 2.30. The number of hydrogen-bond donors (Lipinski definition) is 1. The van der Waals surface area contributed by atoms with E-state index in [1.807, 2.05) is 0 Å². The average molecular weight is 195 g/mol. The van der Waals surface area contributed by atoms with E-state index in [-0.39, 0.29) is 0 Å². The van der Waals surface area contributed by atoms with Crippen molar-refractivity contribution in [3.8, 4) is 0 Å². The molecular weight excluding hydrogens is 174 g/mol. The molecule has 0 aromatic carbocycles. The van der Waals surface area contributed by atoms with Crippen molar-refractivity contribution in [2.24, 2.45) is 10.9 Å². The quantitative estimate of drug-likeness (QED) is 0.738. The summed E-state index contributed by atoms with van der Waals surface area (Å²) in [4.78, 5) is 6.70. The van der Waals surface area contributed by atoms with Gasteiger partial charge >= 0.3 is 0 Å². The fraction of sp³-hybridized carbons (Fsp3) is 0.909. The minimum absolute atomic E-state index is 0.656. The summed E-state index contributed by atoms with van der Waals surface area (Å²) in [5, 5.41) is 3.59. The van der Waals surface area contributed by atoms with Crippen LogP contribution in [-0.2, 0) is 0 Å². The third kappa shape index (κ3) is 1.86. The predicted molar refractivity (Wildman–Crippen MR) is 59.5 cm³/mol. The molecule has 1 N–H and O–H groups in total. The van der Waals surface area contributed by atoms with Gasteiger partial charge in [-0.2, -0.15) is 0 Å². The predicted octanol–water partition coefficient (Wildman–Crippen LogP) is 1.46. The van der Waals surface area contributed by atoms with Gasteiger partial charge in [0.05, 0.1) is 6.54 Å². The Labute approximate surface area is 86.6 Å². The molecule has 1 aliphatic carbocycles. The lowest BCUT2D eigenvalue weighted by Gasteiger charge is -2.35. The summed E-state index contributed by atoms with van der Waals surface area (Å²) in [5.41, 5.74) is 0. The third-order valence-electron chi connectivity index (χ3n) is 3.53. The summed E-state index contributed by atoms with van der Waals surface area (Å²) in [5.74, 6) is 2.01. The van der Waals surface area contributed by atoms with Crippen LogP contribution in [0.4, 0.5) is 0 Å². The van der Waals surface area contributed by atoms with Gasteiger partial charge in [0, 0.05) is 19.6 Å². The number of hydrogen-bond acceptors (Lipinski definition) is 3. The molecule has 14 heavy (non-hydrogen) atoms. The van der Waals surface area contributed by atoms with E-state index in [9.17, 15) is 0 Å². The molecule has 0 bridgehead atoms. The number of nitrogens with zero attached hydrogens (tertiary/aromatic N) is 2. The highest BCUT2D eigenvalue weighted by Gasteiger charge is 2.27. The molecule has 1 saturated carbocycles. The second-order valence-electron chi connectivity index (χ2n) is 4.48. The van der Waals surface area contributed by atoms with E-state index in [2.05, 4.69) is 29.2 Å². The summed E-state index contributed by atoms with van der Waals surface area (Å²) in [7, 11) is 2.12. The van der Waals surface area contributed by atoms with Gasteiger partial charge in [-0.15, -0.1) is 0 Å². The second kappa shape index (κ2) is 4.20. The molecule has 3 heteroatoms. The van der Waals surface area contributed by atoms with Crippen molar-refractivity contribution in [2.75, 3.05) is 20.1 Å². The van der Waals surface area contributed by atoms with Crippen molar-refractivity contribution in [1.82, 2.24) is 10.2 Å². The first-order valence-corrected chi connectivity index (χ1v) is 5.83. The Balaban J connectivity index is 1.87. The van der Waals surface area contributed by atoms with Gasteiger partial charge in [-0.3, -0.25) is 4.99 Å². The van der Waals surface area contributed by atoms with Gasteiger partial charge < -0.3 is 10.2 Å². The Kier molecular flexibility index (Phi) is 2.94. The number of rotatable bonds is 3. The largest absolute Gasteiger partial charge is 0.353 e. The Bertz CT molecular complexity index is 221. The van der Waals surface area contributed by atoms with E-state index in [0.29, 0.717) is 6.04 Å². The van der Waals surface area contributed by atoms with Crippen molar-refractivity contribution >= 4 is 5.96 Å². The molecule has 0 amide bonds. The molecule has 1 unspecified atom stereocenters. The molecule has 0 saturated heterocycles. The van der Waals surface area contributed by atoms with Crippen molar-refractivity contribution in [3.63, 3.8) is 0 Å². The first-order valence-electron chi connectivity index (χ1n) is 5.83. The lowest BCUT2D eigenvalue weighted by Crippen LogP contribution is -2.46. The van der Waals surface area contributed by atoms with Crippen LogP contribution in [0.2, 0.25) is 0 Å². The first-order chi connectivity index (χ1) is 6.81. The lowest BCUT2D eigenvalue weighted by molar-refractivity contribution is 0.238. The van der Waals surface area contributed by atoms with Gasteiger partial charge in [-0.25, -0.2) is 0 Å². The Hall–Kier alpha value is -0.730. The molecule has 0 spiro atoms. The summed E-state index contributed by atoms with van der Waals surface area (Å²) >= 11 is 0. The molecule has 0 radical (unpaired) electrons. The van der Waals surface area contributed by atoms with Gasteiger partial charge in [0.25, 0.3) is 0 Å². The minimum atomic E-state index is 0.656. The SMILES string of the molecule is CCC(NC1=NCCN1C)C1CCC1. The number of likely N-dealkylation sites (N-methyl/N-ethyl adjacent to an activating group) is 1. The fourth-order valence-corrected chi connectivity index (χ4v) is 2.25. The fourth-order valence-electron chi connectivity index (χ4n) is 2.25. The number of aliphatic imine (C=N–C) groups is 1. The van der Waals surface area contributed by atoms with Crippen molar-refractivity contribution < 1.29 is 0 Å². The molecule has 0 aromatic heterocycles. The van der Waals surface area contributed by atoms with E-state index < -0.39 is 0 Å². The minimum Gasteiger partial charge on any atom is -0.353 e. The van der Waals surface area contributed by atoms with Crippen LogP contribution in [0.25, 0.3) is 0 Å². The molecule has 1 atom stereocenters. The summed E-state index contributed by atoms with van der Waals surface area (Å²) in [6.07, 6.45) is 5.45. The monoisotopic (exact) mass is 195 g/mol. The van der Waals surface area contributed by atoms with Crippen LogP contribution in [0.15, 0.2) is 4.99 Å². The van der Waals surface area contributed by atoms with Crippen molar-refractivity contribution in [2.45, 2.75) is 38.6 Å². The van der Waals surface area contributed by atoms with E-state index in [4.69, 9.17) is 0 Å². The summed E-state index contributed by atoms with van der Waals surface area (Å²) in [6.45, 7) is 4.30. The smallest absolute Gasteiger partial charge is 0.194 e. The van der Waals surface area contributed by atoms with E-state index in [1.54, 1.807) is 0 Å². The third-order valence-corrected chi connectivity index (χ3v) is 3.53. The zero-order valence-corrected chi connectivity index (χ0v) is 9.29. The highest BCUT2D eigenvalue weighted by molar-refractivity contribution is 5.81. The van der Waals surface area contributed by atoms with E-state index in [0.717, 1.165) is 25.0 Å². The molecule has 80 valence electrons. The summed E-state index contributed by atoms with van der Waals surface area (Å²) in [6, 6.07) is 0.656. The maximum absolute atomic E-state index is 4.48. The zero-order chi connectivity index (χ0) is 9.97. The van der Waals surface area contributed by atoms with Gasteiger partial charge in [0.1, 0.15) is 0 Å². The summed E-state index contributed by atoms with van der Waals surface area (Å²) < 4.78 is 0. The molecule has 2 aliphatic rings. The second-order valence-corrected chi connectivity index (χ2v) is 4.48. The molecule has 1 aliphatic heterocycles. The van der Waals surface area contributed by atoms with Gasteiger partial charge in [-0.05, 0) is 25.2 Å². The molecule has 0 aromatic rings. The Morgan fingerprint density at radius 2 is 2.36 bits per heavy atom. The maximum atomic E-state index is 4.48. The molecule has 3 nitrogen and oxygen atoms in total. The van der Waals surface area contributed by atoms with Crippen LogP contribution < -0.4 is 5.32 Å². The van der Waals surface area contributed by atoms with Crippen LogP contribution in [0.3, 0.4) is 0 Å². The van der Waals surface area contributed by atoms with Gasteiger partial charge in [0.2, 0.25) is 0 Å². The molecule has 1 fully saturated rings. The lowest BCUT2D eigenvalue weighted by atomic mass is 9.79. The highest BCUT2D eigenvalue weighted by atomic mass is 15.3. The van der Waals surface area contributed by atoms with Crippen LogP contribution in [0, 0.1) is 5.92 Å². The maximum Gasteiger partial charge on any atom is 0.194 e. The van der Waals surface area contributed by atoms with Crippen molar-refractivity contribution in [3.05, 3.63) is 0 Å². The van der Waals surface area contributed by atoms with Crippen LogP contribution in [0.5, 0.6) is 0 Å². The first kappa shape index (κ1) is 9.81. The van der Waals surface area contributed by atoms with Crippen molar-refractivity contribution in [1.29, 1.82) is 0 Å². The topological polar surface area (TPSA) is 27.6 Å². The number of guanidine groups is 1. The zero-order valence-electron chi connectivity index (χ0n) is 9.29. The van der Waals surface area contributed by atoms with Crippen LogP contribution >= 0.6 is 0 Å². The van der Waals surface area contributed by atoms with E-state index >= 15 is 0 Å². The normalized spacial score (nSPS) is 24.4. The van der Waals surface area contributed by atoms with Crippen LogP contribution in [0.1, 0.15) is 32.6 Å². The molecular formula is C11H21N3. The standard InChI is InChI=1S/C11H21N3/c1-3-10(9-5-4-6-9)13-11-12-7-8-14(11)2/h9-10H,3-8H2,1-2H3,(H,12,13). The molecule has 1 heterocycles. The Morgan fingerprint density at radius 1 is 1.57 bits per heavy atom. The van der Waals surface area contributed by atoms with Gasteiger partial charge in [-0.1, -0.05) is 13.3 Å². The van der Waals surface area contributed by atoms with E-state index in [1.165, 1.54) is 25.7 Å². The Morgan fingerprint density at radius 3 is 2.79 bits per heavy atom. The van der Waals surface area contributed by atoms with Crippen LogP contribution in [-0.4, -0.2) is 37.0 Å².